The van der Waals surface area contributed by atoms with Crippen LogP contribution in [-0.2, 0) is 14.4 Å². The van der Waals surface area contributed by atoms with Crippen LogP contribution in [0.4, 0.5) is 0 Å². The predicted molar refractivity (Wildman–Crippen MR) is 111 cm³/mol. The van der Waals surface area contributed by atoms with Gasteiger partial charge >= 0.3 is 17.9 Å². The van der Waals surface area contributed by atoms with E-state index in [9.17, 15) is 29.1 Å². The van der Waals surface area contributed by atoms with Gasteiger partial charge in [0.2, 0.25) is 5.91 Å². The highest BCUT2D eigenvalue weighted by Crippen LogP contribution is 2.24. The number of carboxylic acids is 1. The Bertz CT molecular complexity index is 1020. The van der Waals surface area contributed by atoms with Crippen molar-refractivity contribution in [3.63, 3.8) is 0 Å². The Kier molecular flexibility index (Phi) is 8.33. The Balaban J connectivity index is 2.23. The van der Waals surface area contributed by atoms with Crippen molar-refractivity contribution in [2.45, 2.75) is 19.9 Å². The molecule has 0 unspecified atom stereocenters. The van der Waals surface area contributed by atoms with Crippen molar-refractivity contribution in [3.8, 4) is 11.5 Å². The summed E-state index contributed by atoms with van der Waals surface area (Å²) in [7, 11) is 0. The van der Waals surface area contributed by atoms with Crippen LogP contribution in [0.25, 0.3) is 0 Å². The summed E-state index contributed by atoms with van der Waals surface area (Å²) in [5.41, 5.74) is -0.339. The second-order valence-electron chi connectivity index (χ2n) is 6.16. The van der Waals surface area contributed by atoms with Crippen LogP contribution in [-0.4, -0.2) is 45.8 Å². The number of hydrogen-bond acceptors (Lipinski definition) is 8. The number of rotatable bonds is 8. The molecule has 1 amide bonds. The summed E-state index contributed by atoms with van der Waals surface area (Å²) in [5.74, 6) is -3.95. The summed E-state index contributed by atoms with van der Waals surface area (Å²) in [6, 6.07) is 10.2. The van der Waals surface area contributed by atoms with Gasteiger partial charge in [0.1, 0.15) is 28.7 Å². The maximum Gasteiger partial charge on any atom is 0.347 e. The molecule has 0 aromatic heterocycles. The average molecular weight is 445 g/mol. The number of thioether (sulfide) groups is 1. The average Bonchev–Trinajstić information content (AvgIpc) is 2.71. The molecular weight excluding hydrogens is 426 g/mol. The van der Waals surface area contributed by atoms with E-state index in [-0.39, 0.29) is 33.5 Å². The molecule has 0 fully saturated rings. The van der Waals surface area contributed by atoms with E-state index in [1.807, 2.05) is 0 Å². The number of carbonyl (C=O) groups excluding carboxylic acids is 4. The van der Waals surface area contributed by atoms with E-state index in [1.54, 1.807) is 0 Å². The lowest BCUT2D eigenvalue weighted by Gasteiger charge is -2.17. The number of carbonyl (C=O) groups is 5. The molecular formula is C21H19NO8S. The van der Waals surface area contributed by atoms with Gasteiger partial charge in [0.05, 0.1) is 0 Å². The fourth-order valence-electron chi connectivity index (χ4n) is 2.41. The third-order valence-electron chi connectivity index (χ3n) is 3.75. The van der Waals surface area contributed by atoms with E-state index >= 15 is 0 Å². The quantitative estimate of drug-likeness (QED) is 0.463. The number of para-hydroxylation sites is 2. The Labute approximate surface area is 181 Å². The van der Waals surface area contributed by atoms with Crippen molar-refractivity contribution >= 4 is 40.7 Å². The van der Waals surface area contributed by atoms with Gasteiger partial charge in [0.15, 0.2) is 5.12 Å². The molecule has 2 aromatic rings. The standard InChI is InChI=1S/C21H19NO8S/c1-12(23)22-16(11-31-13(2)24)21(28)30-18-10-6-4-8-15(18)20(27)29-17-9-5-3-7-14(17)19(25)26/h3-10,16H,11H2,1-2H3,(H,22,23)(H,25,26)/t16-/m0/s1. The number of amides is 1. The molecule has 0 bridgehead atoms. The van der Waals surface area contributed by atoms with E-state index in [0.29, 0.717) is 0 Å². The predicted octanol–water partition coefficient (Wildman–Crippen LogP) is 2.29. The first-order chi connectivity index (χ1) is 14.7. The van der Waals surface area contributed by atoms with Gasteiger partial charge in [-0.1, -0.05) is 36.0 Å². The van der Waals surface area contributed by atoms with E-state index in [4.69, 9.17) is 9.47 Å². The molecule has 0 aliphatic rings. The monoisotopic (exact) mass is 445 g/mol. The highest BCUT2D eigenvalue weighted by Gasteiger charge is 2.25. The zero-order valence-corrected chi connectivity index (χ0v) is 17.4. The van der Waals surface area contributed by atoms with Gasteiger partial charge in [0, 0.05) is 19.6 Å². The molecule has 1 atom stereocenters. The van der Waals surface area contributed by atoms with Crippen LogP contribution in [0.1, 0.15) is 34.6 Å². The first kappa shape index (κ1) is 23.6. The van der Waals surface area contributed by atoms with Crippen molar-refractivity contribution in [2.75, 3.05) is 5.75 Å². The summed E-state index contributed by atoms with van der Waals surface area (Å²) < 4.78 is 10.5. The van der Waals surface area contributed by atoms with Crippen LogP contribution < -0.4 is 14.8 Å². The fourth-order valence-corrected chi connectivity index (χ4v) is 3.03. The summed E-state index contributed by atoms with van der Waals surface area (Å²) >= 11 is 0.835. The molecule has 10 heteroatoms. The van der Waals surface area contributed by atoms with E-state index in [2.05, 4.69) is 5.32 Å². The van der Waals surface area contributed by atoms with E-state index < -0.39 is 29.9 Å². The van der Waals surface area contributed by atoms with Crippen LogP contribution in [0.3, 0.4) is 0 Å². The van der Waals surface area contributed by atoms with Crippen molar-refractivity contribution in [2.24, 2.45) is 0 Å². The third-order valence-corrected chi connectivity index (χ3v) is 4.66. The molecule has 31 heavy (non-hydrogen) atoms. The van der Waals surface area contributed by atoms with Gasteiger partial charge < -0.3 is 19.9 Å². The normalized spacial score (nSPS) is 11.2. The number of esters is 2. The number of ether oxygens (including phenoxy) is 2. The smallest absolute Gasteiger partial charge is 0.347 e. The molecule has 0 saturated carbocycles. The van der Waals surface area contributed by atoms with Crippen LogP contribution >= 0.6 is 11.8 Å². The van der Waals surface area contributed by atoms with Crippen molar-refractivity contribution < 1.29 is 38.6 Å². The molecule has 2 rings (SSSR count). The molecule has 9 nitrogen and oxygen atoms in total. The van der Waals surface area contributed by atoms with E-state index in [0.717, 1.165) is 11.8 Å². The summed E-state index contributed by atoms with van der Waals surface area (Å²) in [6.07, 6.45) is 0. The lowest BCUT2D eigenvalue weighted by Crippen LogP contribution is -2.44. The number of hydrogen-bond donors (Lipinski definition) is 2. The lowest BCUT2D eigenvalue weighted by atomic mass is 10.2. The highest BCUT2D eigenvalue weighted by molar-refractivity contribution is 8.13. The van der Waals surface area contributed by atoms with Crippen LogP contribution in [0.15, 0.2) is 48.5 Å². The number of carboxylic acid groups (broad SMARTS) is 1. The molecule has 0 saturated heterocycles. The minimum absolute atomic E-state index is 0.0493. The summed E-state index contributed by atoms with van der Waals surface area (Å²) in [5, 5.41) is 11.4. The van der Waals surface area contributed by atoms with E-state index in [1.165, 1.54) is 62.4 Å². The molecule has 0 radical (unpaired) electrons. The molecule has 2 aromatic carbocycles. The zero-order chi connectivity index (χ0) is 23.0. The Morgan fingerprint density at radius 2 is 1.45 bits per heavy atom. The van der Waals surface area contributed by atoms with Gasteiger partial charge in [-0.25, -0.2) is 14.4 Å². The topological polar surface area (TPSA) is 136 Å². The molecule has 0 heterocycles. The summed E-state index contributed by atoms with van der Waals surface area (Å²) in [6.45, 7) is 2.53. The lowest BCUT2D eigenvalue weighted by molar-refractivity contribution is -0.138. The SMILES string of the molecule is CC(=O)N[C@@H](CSC(C)=O)C(=O)Oc1ccccc1C(=O)Oc1ccccc1C(=O)O. The molecule has 0 aliphatic heterocycles. The summed E-state index contributed by atoms with van der Waals surface area (Å²) in [4.78, 5) is 59.1. The van der Waals surface area contributed by atoms with Gasteiger partial charge in [-0.15, -0.1) is 0 Å². The second kappa shape index (κ2) is 10.9. The number of aromatic carboxylic acids is 1. The molecule has 162 valence electrons. The Hall–Kier alpha value is -3.66. The van der Waals surface area contributed by atoms with Crippen molar-refractivity contribution in [1.29, 1.82) is 0 Å². The first-order valence-electron chi connectivity index (χ1n) is 8.94. The molecule has 0 aliphatic carbocycles. The maximum atomic E-state index is 12.6. The number of benzene rings is 2. The largest absolute Gasteiger partial charge is 0.478 e. The van der Waals surface area contributed by atoms with Crippen LogP contribution in [0, 0.1) is 0 Å². The molecule has 0 spiro atoms. The zero-order valence-electron chi connectivity index (χ0n) is 16.6. The number of nitrogens with one attached hydrogen (secondary N) is 1. The van der Waals surface area contributed by atoms with Crippen LogP contribution in [0.2, 0.25) is 0 Å². The maximum absolute atomic E-state index is 12.6. The molecule has 2 N–H and O–H groups in total. The van der Waals surface area contributed by atoms with Crippen molar-refractivity contribution in [3.05, 3.63) is 59.7 Å². The van der Waals surface area contributed by atoms with Crippen molar-refractivity contribution in [1.82, 2.24) is 5.32 Å². The van der Waals surface area contributed by atoms with Gasteiger partial charge in [-0.05, 0) is 24.3 Å². The Morgan fingerprint density at radius 3 is 2.00 bits per heavy atom. The van der Waals surface area contributed by atoms with Gasteiger partial charge in [-0.2, -0.15) is 0 Å². The fraction of sp³-hybridized carbons (Fsp3) is 0.190. The second-order valence-corrected chi connectivity index (χ2v) is 7.36. The first-order valence-corrected chi connectivity index (χ1v) is 9.93. The third kappa shape index (κ3) is 6.96. The minimum atomic E-state index is -1.27. The Morgan fingerprint density at radius 1 is 0.903 bits per heavy atom. The van der Waals surface area contributed by atoms with Gasteiger partial charge in [-0.3, -0.25) is 9.59 Å². The van der Waals surface area contributed by atoms with Crippen LogP contribution in [0.5, 0.6) is 11.5 Å². The van der Waals surface area contributed by atoms with Gasteiger partial charge in [0.25, 0.3) is 0 Å². The minimum Gasteiger partial charge on any atom is -0.478 e. The highest BCUT2D eigenvalue weighted by atomic mass is 32.2.